The van der Waals surface area contributed by atoms with Gasteiger partial charge in [0.25, 0.3) is 0 Å². The van der Waals surface area contributed by atoms with Crippen molar-refractivity contribution in [2.75, 3.05) is 20.8 Å². The number of nitriles is 1. The molecule has 2 rings (SSSR count). The molecule has 1 aromatic heterocycles. The normalized spacial score (nSPS) is 11.9. The van der Waals surface area contributed by atoms with Gasteiger partial charge in [-0.2, -0.15) is 5.26 Å². The molecule has 0 spiro atoms. The number of methoxy groups -OCH3 is 1. The maximum Gasteiger partial charge on any atom is 0.166 e. The van der Waals surface area contributed by atoms with E-state index in [1.807, 2.05) is 75.3 Å². The van der Waals surface area contributed by atoms with Gasteiger partial charge in [0.15, 0.2) is 6.29 Å². The van der Waals surface area contributed by atoms with Gasteiger partial charge < -0.3 is 9.64 Å². The molecule has 0 amide bonds. The number of allylic oxidation sites excluding steroid dienone is 4. The van der Waals surface area contributed by atoms with Crippen LogP contribution < -0.4 is 0 Å². The molecular weight excluding hydrogens is 374 g/mol. The largest absolute Gasteiger partial charge is 0.385 e. The average Bonchev–Trinajstić information content (AvgIpc) is 2.80. The fourth-order valence-electron chi connectivity index (χ4n) is 2.98. The van der Waals surface area contributed by atoms with Gasteiger partial charge in [-0.15, -0.1) is 0 Å². The van der Waals surface area contributed by atoms with E-state index in [0.29, 0.717) is 17.7 Å². The Labute approximate surface area is 180 Å². The lowest BCUT2D eigenvalue weighted by Gasteiger charge is -2.24. The summed E-state index contributed by atoms with van der Waals surface area (Å²) in [6, 6.07) is 14.1. The van der Waals surface area contributed by atoms with Gasteiger partial charge in [-0.1, -0.05) is 37.3 Å². The second-order valence-corrected chi connectivity index (χ2v) is 6.62. The molecule has 0 unspecified atom stereocenters. The van der Waals surface area contributed by atoms with Crippen LogP contribution in [0.25, 0.3) is 16.7 Å². The van der Waals surface area contributed by atoms with Gasteiger partial charge in [-0.25, -0.2) is 0 Å². The predicted molar refractivity (Wildman–Crippen MR) is 122 cm³/mol. The molecule has 0 radical (unpaired) electrons. The monoisotopic (exact) mass is 405 g/mol. The van der Waals surface area contributed by atoms with Crippen LogP contribution in [0.15, 0.2) is 65.8 Å². The fraction of sp³-hybridized carbons (Fsp3) is 0.320. The highest BCUT2D eigenvalue weighted by molar-refractivity contribution is 5.87. The van der Waals surface area contributed by atoms with E-state index in [1.54, 1.807) is 20.2 Å². The quantitative estimate of drug-likeness (QED) is 0.347. The summed E-state index contributed by atoms with van der Waals surface area (Å²) in [5.74, 6) is 0. The molecule has 0 aliphatic heterocycles. The molecule has 1 aromatic carbocycles. The topological polar surface area (TPSA) is 66.2 Å². The van der Waals surface area contributed by atoms with E-state index in [9.17, 15) is 10.1 Å². The molecule has 30 heavy (non-hydrogen) atoms. The lowest BCUT2D eigenvalue weighted by molar-refractivity contribution is -0.105. The Morgan fingerprint density at radius 3 is 2.23 bits per heavy atom. The summed E-state index contributed by atoms with van der Waals surface area (Å²) in [5.41, 5.74) is 5.99. The van der Waals surface area contributed by atoms with Crippen LogP contribution in [0.3, 0.4) is 0 Å². The second kappa shape index (κ2) is 13.1. The van der Waals surface area contributed by atoms with E-state index in [1.165, 1.54) is 0 Å². The number of nitrogens with zero attached hydrogens (tertiary/aromatic N) is 3. The van der Waals surface area contributed by atoms with E-state index >= 15 is 0 Å². The molecule has 158 valence electrons. The summed E-state index contributed by atoms with van der Waals surface area (Å²) in [5, 5.41) is 9.19. The number of ether oxygens (including phenoxy) is 1. The first-order valence-electron chi connectivity index (χ1n) is 9.94. The Hall–Kier alpha value is -3.23. The zero-order chi connectivity index (χ0) is 22.5. The molecule has 0 N–H and O–H groups in total. The summed E-state index contributed by atoms with van der Waals surface area (Å²) >= 11 is 0. The van der Waals surface area contributed by atoms with Crippen LogP contribution in [0.2, 0.25) is 0 Å². The maximum atomic E-state index is 11.8. The molecule has 0 saturated heterocycles. The van der Waals surface area contributed by atoms with Crippen molar-refractivity contribution in [3.8, 4) is 17.2 Å². The van der Waals surface area contributed by atoms with Gasteiger partial charge in [-0.05, 0) is 55.5 Å². The molecule has 1 heterocycles. The molecule has 0 bridgehead atoms. The van der Waals surface area contributed by atoms with Gasteiger partial charge in [0.2, 0.25) is 0 Å². The number of pyridine rings is 1. The highest BCUT2D eigenvalue weighted by Crippen LogP contribution is 2.26. The molecule has 0 atom stereocenters. The van der Waals surface area contributed by atoms with Crippen LogP contribution in [-0.2, 0) is 9.53 Å². The minimum absolute atomic E-state index is 0.561. The highest BCUT2D eigenvalue weighted by atomic mass is 16.5. The van der Waals surface area contributed by atoms with Crippen LogP contribution in [0.1, 0.15) is 39.7 Å². The number of carbonyl (C=O) groups is 1. The van der Waals surface area contributed by atoms with E-state index in [4.69, 9.17) is 0 Å². The summed E-state index contributed by atoms with van der Waals surface area (Å²) in [7, 11) is 3.51. The zero-order valence-corrected chi connectivity index (χ0v) is 18.8. The summed E-state index contributed by atoms with van der Waals surface area (Å²) in [4.78, 5) is 17.7. The van der Waals surface area contributed by atoms with Gasteiger partial charge in [0.05, 0.1) is 11.8 Å². The van der Waals surface area contributed by atoms with Crippen molar-refractivity contribution in [1.82, 2.24) is 9.88 Å². The van der Waals surface area contributed by atoms with Crippen LogP contribution in [0.4, 0.5) is 0 Å². The minimum Gasteiger partial charge on any atom is -0.385 e. The van der Waals surface area contributed by atoms with Crippen molar-refractivity contribution in [3.05, 3.63) is 71.3 Å². The van der Waals surface area contributed by atoms with Crippen molar-refractivity contribution in [2.45, 2.75) is 34.1 Å². The number of benzene rings is 1. The van der Waals surface area contributed by atoms with Crippen LogP contribution in [0, 0.1) is 11.3 Å². The molecular formula is C25H31N3O2. The van der Waals surface area contributed by atoms with Crippen molar-refractivity contribution < 1.29 is 9.53 Å². The van der Waals surface area contributed by atoms with Crippen LogP contribution in [-0.4, -0.2) is 36.9 Å². The number of rotatable bonds is 7. The smallest absolute Gasteiger partial charge is 0.166 e. The molecule has 2 aromatic rings. The Morgan fingerprint density at radius 1 is 1.17 bits per heavy atom. The first-order valence-corrected chi connectivity index (χ1v) is 9.94. The lowest BCUT2D eigenvalue weighted by Crippen LogP contribution is -2.20. The van der Waals surface area contributed by atoms with Crippen molar-refractivity contribution in [2.24, 2.45) is 0 Å². The standard InChI is InChI=1S/C22H23N3O.C3H8O/c1-5-21(16(2)13-23)25(4)22(15-26)17(3)18-8-10-19(11-9-18)20-7-6-12-24-14-20;1-3-4-2/h6-12,14-15H,5H2,1-4H3;3H2,1-2H3/b21-16+,22-17+;. The van der Waals surface area contributed by atoms with Gasteiger partial charge in [0, 0.05) is 44.4 Å². The average molecular weight is 406 g/mol. The summed E-state index contributed by atoms with van der Waals surface area (Å²) in [6.07, 6.45) is 5.11. The highest BCUT2D eigenvalue weighted by Gasteiger charge is 2.14. The SMILES string of the molecule is CC/C(=C(/C)C#N)N(C)/C(C=O)=C(\C)c1ccc(-c2cccnc2)cc1.CCOC. The third-order valence-electron chi connectivity index (χ3n) is 4.80. The molecule has 0 fully saturated rings. The number of hydrogen-bond acceptors (Lipinski definition) is 5. The second-order valence-electron chi connectivity index (χ2n) is 6.62. The Bertz CT molecular complexity index is 906. The van der Waals surface area contributed by atoms with Crippen LogP contribution in [0.5, 0.6) is 0 Å². The summed E-state index contributed by atoms with van der Waals surface area (Å²) in [6.45, 7) is 8.46. The number of carbonyl (C=O) groups excluding carboxylic acids is 1. The zero-order valence-electron chi connectivity index (χ0n) is 18.8. The van der Waals surface area contributed by atoms with Crippen LogP contribution >= 0.6 is 0 Å². The molecule has 0 aliphatic rings. The van der Waals surface area contributed by atoms with Gasteiger partial charge in [0.1, 0.15) is 0 Å². The lowest BCUT2D eigenvalue weighted by atomic mass is 10.0. The van der Waals surface area contributed by atoms with E-state index in [2.05, 4.69) is 15.8 Å². The Morgan fingerprint density at radius 2 is 1.80 bits per heavy atom. The molecule has 5 heteroatoms. The van der Waals surface area contributed by atoms with Crippen molar-refractivity contribution in [1.29, 1.82) is 5.26 Å². The Kier molecular flexibility index (Phi) is 10.8. The predicted octanol–water partition coefficient (Wildman–Crippen LogP) is 5.47. The maximum absolute atomic E-state index is 11.8. The van der Waals surface area contributed by atoms with E-state index in [0.717, 1.165) is 40.9 Å². The summed E-state index contributed by atoms with van der Waals surface area (Å²) < 4.78 is 4.54. The first kappa shape index (κ1) is 24.8. The van der Waals surface area contributed by atoms with E-state index in [-0.39, 0.29) is 0 Å². The third kappa shape index (κ3) is 6.68. The molecule has 0 saturated carbocycles. The minimum atomic E-state index is 0.561. The number of hydrogen-bond donors (Lipinski definition) is 0. The Balaban J connectivity index is 0.00000103. The van der Waals surface area contributed by atoms with E-state index < -0.39 is 0 Å². The number of likely N-dealkylation sites (N-methyl/N-ethyl adjacent to an activating group) is 1. The first-order chi connectivity index (χ1) is 14.4. The van der Waals surface area contributed by atoms with Gasteiger partial charge in [-0.3, -0.25) is 9.78 Å². The third-order valence-corrected chi connectivity index (χ3v) is 4.80. The number of aromatic nitrogens is 1. The number of aldehydes is 1. The fourth-order valence-corrected chi connectivity index (χ4v) is 2.98. The van der Waals surface area contributed by atoms with Gasteiger partial charge >= 0.3 is 0 Å². The molecule has 0 aliphatic carbocycles. The van der Waals surface area contributed by atoms with Crippen molar-refractivity contribution in [3.63, 3.8) is 0 Å². The van der Waals surface area contributed by atoms with Crippen molar-refractivity contribution >= 4 is 11.9 Å². The molecule has 5 nitrogen and oxygen atoms in total.